The molecule has 0 aromatic heterocycles. The van der Waals surface area contributed by atoms with Crippen LogP contribution in [-0.4, -0.2) is 10.2 Å². The van der Waals surface area contributed by atoms with Gasteiger partial charge in [0.15, 0.2) is 6.10 Å². The summed E-state index contributed by atoms with van der Waals surface area (Å²) in [6, 6.07) is 5.27. The second kappa shape index (κ2) is 4.86. The Morgan fingerprint density at radius 1 is 1.00 bits per heavy atom. The van der Waals surface area contributed by atoms with E-state index in [1.807, 2.05) is 47.6 Å². The first kappa shape index (κ1) is 15.5. The lowest BCUT2D eigenvalue weighted by Gasteiger charge is -2.28. The summed E-state index contributed by atoms with van der Waals surface area (Å²) >= 11 is 0. The maximum absolute atomic E-state index is 10.5. The highest BCUT2D eigenvalue weighted by Gasteiger charge is 2.27. The molecule has 19 heavy (non-hydrogen) atoms. The lowest BCUT2D eigenvalue weighted by atomic mass is 9.78. The average Bonchev–Trinajstić information content (AvgIpc) is 2.25. The quantitative estimate of drug-likeness (QED) is 0.760. The summed E-state index contributed by atoms with van der Waals surface area (Å²) in [5.41, 5.74) is 1.54. The highest BCUT2D eigenvalue weighted by atomic mass is 16.3. The van der Waals surface area contributed by atoms with Crippen LogP contribution in [0.1, 0.15) is 64.3 Å². The van der Waals surface area contributed by atoms with E-state index in [-0.39, 0.29) is 16.6 Å². The lowest BCUT2D eigenvalue weighted by molar-refractivity contribution is 0.235. The Hall–Kier alpha value is -1.53. The molecule has 0 aliphatic rings. The number of aliphatic hydroxyl groups is 1. The summed E-state index contributed by atoms with van der Waals surface area (Å²) in [6.07, 6.45) is -1.16. The van der Waals surface area contributed by atoms with Gasteiger partial charge in [0.1, 0.15) is 5.75 Å². The fraction of sp³-hybridized carbons (Fsp3) is 0.562. The van der Waals surface area contributed by atoms with Gasteiger partial charge in [0.2, 0.25) is 0 Å². The largest absolute Gasteiger partial charge is 0.507 e. The van der Waals surface area contributed by atoms with Crippen LogP contribution in [0, 0.1) is 11.3 Å². The molecule has 3 nitrogen and oxygen atoms in total. The predicted octanol–water partition coefficient (Wildman–Crippen LogP) is 3.54. The van der Waals surface area contributed by atoms with Crippen LogP contribution in [0.25, 0.3) is 0 Å². The summed E-state index contributed by atoms with van der Waals surface area (Å²) in [4.78, 5) is 0. The van der Waals surface area contributed by atoms with Crippen LogP contribution in [0.5, 0.6) is 5.75 Å². The van der Waals surface area contributed by atoms with Crippen molar-refractivity contribution in [3.05, 3.63) is 28.8 Å². The monoisotopic (exact) mass is 261 g/mol. The fourth-order valence-electron chi connectivity index (χ4n) is 2.03. The Morgan fingerprint density at radius 2 is 1.37 bits per heavy atom. The zero-order valence-electron chi connectivity index (χ0n) is 12.6. The first-order valence-electron chi connectivity index (χ1n) is 6.44. The molecule has 2 N–H and O–H groups in total. The minimum Gasteiger partial charge on any atom is -0.507 e. The van der Waals surface area contributed by atoms with Gasteiger partial charge < -0.3 is 10.2 Å². The topological polar surface area (TPSA) is 64.2 Å². The molecule has 1 aromatic rings. The molecule has 1 aromatic carbocycles. The van der Waals surface area contributed by atoms with Gasteiger partial charge in [-0.2, -0.15) is 5.26 Å². The number of rotatable bonds is 1. The summed E-state index contributed by atoms with van der Waals surface area (Å²) < 4.78 is 0. The molecular weight excluding hydrogens is 238 g/mol. The third-order valence-corrected chi connectivity index (χ3v) is 3.19. The van der Waals surface area contributed by atoms with Crippen LogP contribution in [0.4, 0.5) is 0 Å². The third-order valence-electron chi connectivity index (χ3n) is 3.19. The maximum Gasteiger partial charge on any atom is 0.165 e. The van der Waals surface area contributed by atoms with Crippen molar-refractivity contribution in [3.63, 3.8) is 0 Å². The van der Waals surface area contributed by atoms with E-state index >= 15 is 0 Å². The zero-order valence-corrected chi connectivity index (χ0v) is 12.6. The number of aromatic hydroxyl groups is 1. The van der Waals surface area contributed by atoms with Gasteiger partial charge in [0.25, 0.3) is 0 Å². The van der Waals surface area contributed by atoms with E-state index in [4.69, 9.17) is 5.26 Å². The van der Waals surface area contributed by atoms with E-state index < -0.39 is 6.10 Å². The minimum atomic E-state index is -1.16. The van der Waals surface area contributed by atoms with Crippen molar-refractivity contribution < 1.29 is 10.2 Å². The number of aliphatic hydroxyl groups excluding tert-OH is 1. The Bertz CT molecular complexity index is 478. The molecular formula is C16H23NO2. The Morgan fingerprint density at radius 3 is 1.63 bits per heavy atom. The Labute approximate surface area is 115 Å². The summed E-state index contributed by atoms with van der Waals surface area (Å²) in [5, 5.41) is 29.1. The third kappa shape index (κ3) is 3.27. The first-order chi connectivity index (χ1) is 8.48. The minimum absolute atomic E-state index is 0.255. The Balaban J connectivity index is 3.63. The molecule has 1 unspecified atom stereocenters. The molecule has 3 heteroatoms. The second-order valence-electron chi connectivity index (χ2n) is 7.00. The number of benzene rings is 1. The maximum atomic E-state index is 10.5. The van der Waals surface area contributed by atoms with Crippen molar-refractivity contribution in [2.45, 2.75) is 58.5 Å². The van der Waals surface area contributed by atoms with Gasteiger partial charge in [-0.3, -0.25) is 0 Å². The first-order valence-corrected chi connectivity index (χ1v) is 6.44. The molecule has 0 amide bonds. The molecule has 0 saturated carbocycles. The normalized spacial score (nSPS) is 14.0. The van der Waals surface area contributed by atoms with Crippen LogP contribution in [0.2, 0.25) is 0 Å². The molecule has 0 bridgehead atoms. The molecule has 0 fully saturated rings. The molecule has 1 rings (SSSR count). The number of nitriles is 1. The van der Waals surface area contributed by atoms with E-state index in [2.05, 4.69) is 0 Å². The number of phenolic OH excluding ortho intramolecular Hbond substituents is 1. The lowest BCUT2D eigenvalue weighted by Crippen LogP contribution is -2.18. The van der Waals surface area contributed by atoms with Crippen molar-refractivity contribution in [1.29, 1.82) is 5.26 Å². The number of hydrogen-bond acceptors (Lipinski definition) is 3. The molecule has 0 heterocycles. The van der Waals surface area contributed by atoms with Gasteiger partial charge >= 0.3 is 0 Å². The van der Waals surface area contributed by atoms with Crippen LogP contribution in [-0.2, 0) is 10.8 Å². The summed E-state index contributed by atoms with van der Waals surface area (Å²) in [7, 11) is 0. The Kier molecular flexibility index (Phi) is 3.97. The van der Waals surface area contributed by atoms with Gasteiger partial charge in [-0.25, -0.2) is 0 Å². The van der Waals surface area contributed by atoms with Gasteiger partial charge in [0, 0.05) is 0 Å². The highest BCUT2D eigenvalue weighted by molar-refractivity contribution is 5.50. The second-order valence-corrected chi connectivity index (χ2v) is 7.00. The van der Waals surface area contributed by atoms with Crippen LogP contribution in [0.15, 0.2) is 12.1 Å². The molecule has 104 valence electrons. The summed E-state index contributed by atoms with van der Waals surface area (Å²) in [6.45, 7) is 12.0. The van der Waals surface area contributed by atoms with Crippen LogP contribution in [0.3, 0.4) is 0 Å². The molecule has 0 aliphatic carbocycles. The number of nitrogens with zero attached hydrogens (tertiary/aromatic N) is 1. The molecule has 0 spiro atoms. The van der Waals surface area contributed by atoms with E-state index in [9.17, 15) is 10.2 Å². The van der Waals surface area contributed by atoms with Crippen LogP contribution < -0.4 is 0 Å². The molecule has 0 radical (unpaired) electrons. The van der Waals surface area contributed by atoms with E-state index in [0.717, 1.165) is 11.1 Å². The van der Waals surface area contributed by atoms with Crippen molar-refractivity contribution in [2.24, 2.45) is 0 Å². The van der Waals surface area contributed by atoms with Crippen molar-refractivity contribution >= 4 is 0 Å². The summed E-state index contributed by atoms with van der Waals surface area (Å²) in [5.74, 6) is 0.258. The molecule has 0 saturated heterocycles. The van der Waals surface area contributed by atoms with Crippen LogP contribution >= 0.6 is 0 Å². The van der Waals surface area contributed by atoms with Gasteiger partial charge in [-0.1, -0.05) is 41.5 Å². The molecule has 0 aliphatic heterocycles. The SMILES string of the molecule is CC(C)(C)c1cc(C(O)C#N)cc(C(C)(C)C)c1O. The molecule has 1 atom stereocenters. The standard InChI is InChI=1S/C16H23NO2/c1-15(2,3)11-7-10(13(18)9-17)8-12(14(11)19)16(4,5)6/h7-8,13,18-19H,1-6H3. The van der Waals surface area contributed by atoms with Gasteiger partial charge in [-0.15, -0.1) is 0 Å². The zero-order chi connectivity index (χ0) is 15.0. The van der Waals surface area contributed by atoms with E-state index in [1.165, 1.54) is 0 Å². The van der Waals surface area contributed by atoms with Crippen molar-refractivity contribution in [1.82, 2.24) is 0 Å². The average molecular weight is 261 g/mol. The number of hydrogen-bond donors (Lipinski definition) is 2. The smallest absolute Gasteiger partial charge is 0.165 e. The van der Waals surface area contributed by atoms with Gasteiger partial charge in [0.05, 0.1) is 6.07 Å². The van der Waals surface area contributed by atoms with E-state index in [1.54, 1.807) is 12.1 Å². The van der Waals surface area contributed by atoms with Crippen molar-refractivity contribution in [2.75, 3.05) is 0 Å². The predicted molar refractivity (Wildman–Crippen MR) is 76.1 cm³/mol. The van der Waals surface area contributed by atoms with Crippen molar-refractivity contribution in [3.8, 4) is 11.8 Å². The highest BCUT2D eigenvalue weighted by Crippen LogP contribution is 2.40. The fourth-order valence-corrected chi connectivity index (χ4v) is 2.03. The number of phenols is 1. The van der Waals surface area contributed by atoms with E-state index in [0.29, 0.717) is 5.56 Å². The van der Waals surface area contributed by atoms with Gasteiger partial charge in [-0.05, 0) is 39.7 Å².